The van der Waals surface area contributed by atoms with Gasteiger partial charge in [-0.15, -0.1) is 0 Å². The molecule has 1 unspecified atom stereocenters. The number of unbranched alkanes of at least 4 members (excludes halogenated alkanes) is 11. The Balaban J connectivity index is 4.92. The molecule has 28 heavy (non-hydrogen) atoms. The van der Waals surface area contributed by atoms with Gasteiger partial charge in [0.2, 0.25) is 0 Å². The molecule has 0 rings (SSSR count). The highest BCUT2D eigenvalue weighted by Crippen LogP contribution is 2.48. The minimum Gasteiger partial charge on any atom is -0.330 e. The predicted molar refractivity (Wildman–Crippen MR) is 122 cm³/mol. The lowest BCUT2D eigenvalue weighted by molar-refractivity contribution is -0.411. The Morgan fingerprint density at radius 2 is 0.786 bits per heavy atom. The van der Waals surface area contributed by atoms with Crippen molar-refractivity contribution >= 4 is 0 Å². The largest absolute Gasteiger partial charge is 0.330 e. The summed E-state index contributed by atoms with van der Waals surface area (Å²) in [5, 5.41) is 0. The van der Waals surface area contributed by atoms with Crippen molar-refractivity contribution in [1.29, 1.82) is 0 Å². The van der Waals surface area contributed by atoms with Crippen LogP contribution in [0.25, 0.3) is 0 Å². The molecule has 3 nitrogen and oxygen atoms in total. The molecule has 0 radical (unpaired) electrons. The van der Waals surface area contributed by atoms with Gasteiger partial charge in [0, 0.05) is 21.3 Å². The first-order valence-corrected chi connectivity index (χ1v) is 12.3. The van der Waals surface area contributed by atoms with E-state index < -0.39 is 5.97 Å². The Morgan fingerprint density at radius 1 is 0.429 bits per heavy atom. The van der Waals surface area contributed by atoms with Gasteiger partial charge in [0.15, 0.2) is 0 Å². The van der Waals surface area contributed by atoms with Crippen molar-refractivity contribution in [1.82, 2.24) is 0 Å². The van der Waals surface area contributed by atoms with Gasteiger partial charge in [0.25, 0.3) is 5.97 Å². The first-order valence-electron chi connectivity index (χ1n) is 12.3. The molecule has 3 heteroatoms. The smallest absolute Gasteiger partial charge is 0.288 e. The second-order valence-corrected chi connectivity index (χ2v) is 8.59. The molecule has 0 amide bonds. The maximum absolute atomic E-state index is 5.92. The number of methoxy groups -OCH3 is 3. The molecule has 0 N–H and O–H groups in total. The quantitative estimate of drug-likeness (QED) is 0.143. The monoisotopic (exact) mass is 400 g/mol. The lowest BCUT2D eigenvalue weighted by Gasteiger charge is -2.47. The van der Waals surface area contributed by atoms with Gasteiger partial charge < -0.3 is 14.2 Å². The lowest BCUT2D eigenvalue weighted by atomic mass is 9.72. The van der Waals surface area contributed by atoms with E-state index in [0.717, 1.165) is 25.7 Å². The fraction of sp³-hybridized carbons (Fsp3) is 1.00. The Labute approximate surface area is 177 Å². The molecule has 0 aromatic rings. The highest BCUT2D eigenvalue weighted by molar-refractivity contribution is 4.88. The maximum Gasteiger partial charge on any atom is 0.288 e. The van der Waals surface area contributed by atoms with Crippen LogP contribution in [0.4, 0.5) is 0 Å². The van der Waals surface area contributed by atoms with Crippen molar-refractivity contribution in [3.8, 4) is 0 Å². The molecule has 0 aliphatic rings. The van der Waals surface area contributed by atoms with E-state index in [1.807, 2.05) is 0 Å². The van der Waals surface area contributed by atoms with Gasteiger partial charge in [-0.1, -0.05) is 111 Å². The minimum atomic E-state index is -0.922. The maximum atomic E-state index is 5.92. The van der Waals surface area contributed by atoms with Crippen molar-refractivity contribution in [2.24, 2.45) is 5.41 Å². The molecule has 0 aromatic carbocycles. The third-order valence-corrected chi connectivity index (χ3v) is 6.45. The van der Waals surface area contributed by atoms with Gasteiger partial charge in [-0.3, -0.25) is 0 Å². The van der Waals surface area contributed by atoms with E-state index in [1.165, 1.54) is 83.5 Å². The number of rotatable bonds is 21. The highest BCUT2D eigenvalue weighted by Gasteiger charge is 2.52. The van der Waals surface area contributed by atoms with E-state index in [4.69, 9.17) is 14.2 Å². The van der Waals surface area contributed by atoms with Gasteiger partial charge in [0.1, 0.15) is 0 Å². The summed E-state index contributed by atoms with van der Waals surface area (Å²) >= 11 is 0. The summed E-state index contributed by atoms with van der Waals surface area (Å²) < 4.78 is 17.7. The standard InChI is InChI=1S/C25H52O3/c1-7-10-12-14-16-18-20-23-24(21-9-3,25(26-4,27-5)28-6)22-19-17-15-13-11-8-2/h7-23H2,1-6H3. The predicted octanol–water partition coefficient (Wildman–Crippen LogP) is 8.26. The van der Waals surface area contributed by atoms with Crippen LogP contribution in [0.15, 0.2) is 0 Å². The summed E-state index contributed by atoms with van der Waals surface area (Å²) in [6.07, 6.45) is 21.7. The molecule has 170 valence electrons. The zero-order valence-electron chi connectivity index (χ0n) is 20.2. The fourth-order valence-electron chi connectivity index (χ4n) is 4.88. The van der Waals surface area contributed by atoms with Crippen LogP contribution in [0, 0.1) is 5.41 Å². The topological polar surface area (TPSA) is 27.7 Å². The van der Waals surface area contributed by atoms with Gasteiger partial charge >= 0.3 is 0 Å². The zero-order chi connectivity index (χ0) is 21.1. The summed E-state index contributed by atoms with van der Waals surface area (Å²) in [6, 6.07) is 0. The van der Waals surface area contributed by atoms with Crippen LogP contribution in [0.1, 0.15) is 130 Å². The van der Waals surface area contributed by atoms with Crippen molar-refractivity contribution in [2.75, 3.05) is 21.3 Å². The van der Waals surface area contributed by atoms with E-state index in [9.17, 15) is 0 Å². The minimum absolute atomic E-state index is 0.0613. The molecule has 0 bridgehead atoms. The Hall–Kier alpha value is -0.120. The van der Waals surface area contributed by atoms with E-state index >= 15 is 0 Å². The number of ether oxygens (including phenoxy) is 3. The Bertz CT molecular complexity index is 319. The molecule has 0 heterocycles. The average molecular weight is 401 g/mol. The molecule has 0 spiro atoms. The van der Waals surface area contributed by atoms with Crippen molar-refractivity contribution < 1.29 is 14.2 Å². The van der Waals surface area contributed by atoms with Gasteiger partial charge in [-0.05, 0) is 19.3 Å². The van der Waals surface area contributed by atoms with Crippen LogP contribution in [-0.4, -0.2) is 27.3 Å². The van der Waals surface area contributed by atoms with Crippen LogP contribution >= 0.6 is 0 Å². The second-order valence-electron chi connectivity index (χ2n) is 8.59. The molecule has 0 saturated carbocycles. The summed E-state index contributed by atoms with van der Waals surface area (Å²) in [5.74, 6) is -0.922. The molecule has 0 aliphatic carbocycles. The van der Waals surface area contributed by atoms with Crippen LogP contribution in [0.3, 0.4) is 0 Å². The van der Waals surface area contributed by atoms with E-state index in [1.54, 1.807) is 21.3 Å². The Kier molecular flexibility index (Phi) is 17.6. The summed E-state index contributed by atoms with van der Waals surface area (Å²) in [4.78, 5) is 0. The van der Waals surface area contributed by atoms with Crippen molar-refractivity contribution in [3.63, 3.8) is 0 Å². The van der Waals surface area contributed by atoms with Crippen LogP contribution in [-0.2, 0) is 14.2 Å². The third kappa shape index (κ3) is 9.59. The number of hydrogen-bond donors (Lipinski definition) is 0. The molecular weight excluding hydrogens is 348 g/mol. The summed E-state index contributed by atoms with van der Waals surface area (Å²) in [5.41, 5.74) is -0.0613. The third-order valence-electron chi connectivity index (χ3n) is 6.45. The molecular formula is C25H52O3. The molecule has 0 fully saturated rings. The van der Waals surface area contributed by atoms with Gasteiger partial charge in [-0.25, -0.2) is 0 Å². The van der Waals surface area contributed by atoms with Gasteiger partial charge in [-0.2, -0.15) is 0 Å². The highest BCUT2D eigenvalue weighted by atomic mass is 16.9. The molecule has 0 aliphatic heterocycles. The van der Waals surface area contributed by atoms with Crippen molar-refractivity contribution in [3.05, 3.63) is 0 Å². The van der Waals surface area contributed by atoms with Crippen LogP contribution < -0.4 is 0 Å². The van der Waals surface area contributed by atoms with E-state index in [-0.39, 0.29) is 5.41 Å². The first kappa shape index (κ1) is 27.9. The second kappa shape index (κ2) is 17.7. The number of hydrogen-bond acceptors (Lipinski definition) is 3. The SMILES string of the molecule is CCCCCCCCCC(CCC)(CCCCCCCC)C(OC)(OC)OC. The fourth-order valence-corrected chi connectivity index (χ4v) is 4.88. The van der Waals surface area contributed by atoms with Crippen LogP contribution in [0.5, 0.6) is 0 Å². The van der Waals surface area contributed by atoms with Gasteiger partial charge in [0.05, 0.1) is 5.41 Å². The molecule has 0 saturated heterocycles. The van der Waals surface area contributed by atoms with Crippen LogP contribution in [0.2, 0.25) is 0 Å². The molecule has 0 aromatic heterocycles. The summed E-state index contributed by atoms with van der Waals surface area (Å²) in [7, 11) is 5.22. The van der Waals surface area contributed by atoms with E-state index in [2.05, 4.69) is 20.8 Å². The first-order chi connectivity index (χ1) is 13.6. The normalized spacial score (nSPS) is 14.4. The average Bonchev–Trinajstić information content (AvgIpc) is 2.71. The lowest BCUT2D eigenvalue weighted by Crippen LogP contribution is -2.53. The molecule has 1 atom stereocenters. The zero-order valence-corrected chi connectivity index (χ0v) is 20.2. The van der Waals surface area contributed by atoms with E-state index in [0.29, 0.717) is 0 Å². The Morgan fingerprint density at radius 3 is 1.11 bits per heavy atom. The van der Waals surface area contributed by atoms with Crippen molar-refractivity contribution in [2.45, 2.75) is 136 Å². The summed E-state index contributed by atoms with van der Waals surface area (Å²) in [6.45, 7) is 6.83.